The van der Waals surface area contributed by atoms with Crippen LogP contribution in [-0.2, 0) is 4.79 Å². The maximum absolute atomic E-state index is 11.8. The molecule has 116 valence electrons. The molecule has 0 aromatic heterocycles. The molecule has 0 aliphatic rings. The first-order chi connectivity index (χ1) is 9.97. The molecule has 0 spiro atoms. The van der Waals surface area contributed by atoms with Crippen LogP contribution in [0.15, 0.2) is 18.2 Å². The van der Waals surface area contributed by atoms with Crippen LogP contribution in [0, 0.1) is 0 Å². The van der Waals surface area contributed by atoms with E-state index in [9.17, 15) is 9.59 Å². The molecule has 0 heterocycles. The Morgan fingerprint density at radius 1 is 1.24 bits per heavy atom. The van der Waals surface area contributed by atoms with Gasteiger partial charge in [0.05, 0.1) is 18.9 Å². The molecule has 0 bridgehead atoms. The molecule has 0 aliphatic heterocycles. The monoisotopic (exact) mass is 296 g/mol. The van der Waals surface area contributed by atoms with Crippen LogP contribution in [0.1, 0.15) is 20.8 Å². The molecule has 7 nitrogen and oxygen atoms in total. The van der Waals surface area contributed by atoms with Crippen LogP contribution >= 0.6 is 0 Å². The number of carbonyl (C=O) groups is 2. The number of urea groups is 1. The van der Waals surface area contributed by atoms with E-state index in [0.29, 0.717) is 30.4 Å². The van der Waals surface area contributed by atoms with Gasteiger partial charge in [0.1, 0.15) is 17.5 Å². The Hall–Kier alpha value is -2.44. The first-order valence-electron chi connectivity index (χ1n) is 6.67. The van der Waals surface area contributed by atoms with Gasteiger partial charge in [0, 0.05) is 6.07 Å². The smallest absolute Gasteiger partial charge is 0.325 e. The zero-order chi connectivity index (χ0) is 15.8. The summed E-state index contributed by atoms with van der Waals surface area (Å²) in [6, 6.07) is 3.43. The number of carboxylic acids is 1. The molecule has 2 amide bonds. The molecule has 21 heavy (non-hydrogen) atoms. The van der Waals surface area contributed by atoms with Crippen LogP contribution in [0.3, 0.4) is 0 Å². The summed E-state index contributed by atoms with van der Waals surface area (Å²) < 4.78 is 10.8. The second kappa shape index (κ2) is 7.98. The summed E-state index contributed by atoms with van der Waals surface area (Å²) in [5.41, 5.74) is 0.415. The summed E-state index contributed by atoms with van der Waals surface area (Å²) in [6.07, 6.45) is 0. The van der Waals surface area contributed by atoms with Crippen LogP contribution in [-0.4, -0.2) is 36.4 Å². The van der Waals surface area contributed by atoms with Crippen molar-refractivity contribution in [2.45, 2.75) is 26.8 Å². The molecule has 0 saturated carbocycles. The van der Waals surface area contributed by atoms with Gasteiger partial charge in [0.15, 0.2) is 0 Å². The van der Waals surface area contributed by atoms with Crippen molar-refractivity contribution in [2.75, 3.05) is 18.5 Å². The highest BCUT2D eigenvalue weighted by molar-refractivity contribution is 5.93. The molecule has 1 atom stereocenters. The van der Waals surface area contributed by atoms with Gasteiger partial charge < -0.3 is 25.2 Å². The molecular formula is C14H20N2O5. The Balaban J connectivity index is 2.85. The first-order valence-corrected chi connectivity index (χ1v) is 6.67. The fourth-order valence-electron chi connectivity index (χ4n) is 1.56. The molecule has 0 unspecified atom stereocenters. The zero-order valence-corrected chi connectivity index (χ0v) is 12.3. The van der Waals surface area contributed by atoms with Crippen molar-refractivity contribution in [3.05, 3.63) is 18.2 Å². The van der Waals surface area contributed by atoms with E-state index in [4.69, 9.17) is 14.6 Å². The quantitative estimate of drug-likeness (QED) is 0.715. The number of hydrogen-bond donors (Lipinski definition) is 3. The van der Waals surface area contributed by atoms with Gasteiger partial charge in [-0.25, -0.2) is 4.79 Å². The van der Waals surface area contributed by atoms with Gasteiger partial charge >= 0.3 is 12.0 Å². The highest BCUT2D eigenvalue weighted by atomic mass is 16.5. The SMILES string of the molecule is CCOc1ccc(OCC)c(NC(=O)N[C@@H](C)C(=O)O)c1. The highest BCUT2D eigenvalue weighted by Crippen LogP contribution is 2.29. The van der Waals surface area contributed by atoms with Gasteiger partial charge in [-0.05, 0) is 32.9 Å². The number of amides is 2. The van der Waals surface area contributed by atoms with Gasteiger partial charge in [-0.1, -0.05) is 0 Å². The molecule has 0 aliphatic carbocycles. The highest BCUT2D eigenvalue weighted by Gasteiger charge is 2.15. The molecule has 1 aromatic carbocycles. The van der Waals surface area contributed by atoms with Crippen LogP contribution < -0.4 is 20.1 Å². The maximum atomic E-state index is 11.8. The molecule has 0 saturated heterocycles. The van der Waals surface area contributed by atoms with Gasteiger partial charge in [-0.3, -0.25) is 4.79 Å². The second-order valence-corrected chi connectivity index (χ2v) is 4.18. The third-order valence-corrected chi connectivity index (χ3v) is 2.53. The van der Waals surface area contributed by atoms with Crippen LogP contribution in [0.5, 0.6) is 11.5 Å². The second-order valence-electron chi connectivity index (χ2n) is 4.18. The van der Waals surface area contributed by atoms with Crippen LogP contribution in [0.2, 0.25) is 0 Å². The van der Waals surface area contributed by atoms with E-state index in [1.54, 1.807) is 18.2 Å². The summed E-state index contributed by atoms with van der Waals surface area (Å²) >= 11 is 0. The summed E-state index contributed by atoms with van der Waals surface area (Å²) in [6.45, 7) is 5.99. The average molecular weight is 296 g/mol. The lowest BCUT2D eigenvalue weighted by Gasteiger charge is -2.15. The number of carbonyl (C=O) groups excluding carboxylic acids is 1. The predicted octanol–water partition coefficient (Wildman–Crippen LogP) is 2.08. The Labute approximate surface area is 123 Å². The molecule has 0 fully saturated rings. The van der Waals surface area contributed by atoms with Crippen molar-refractivity contribution in [3.8, 4) is 11.5 Å². The lowest BCUT2D eigenvalue weighted by molar-refractivity contribution is -0.138. The van der Waals surface area contributed by atoms with Crippen LogP contribution in [0.4, 0.5) is 10.5 Å². The van der Waals surface area contributed by atoms with Crippen molar-refractivity contribution in [1.82, 2.24) is 5.32 Å². The average Bonchev–Trinajstić information content (AvgIpc) is 2.42. The Bertz CT molecular complexity index is 504. The molecule has 1 rings (SSSR count). The van der Waals surface area contributed by atoms with Crippen molar-refractivity contribution in [3.63, 3.8) is 0 Å². The normalized spacial score (nSPS) is 11.4. The van der Waals surface area contributed by atoms with Crippen LogP contribution in [0.25, 0.3) is 0 Å². The number of carboxylic acid groups (broad SMARTS) is 1. The van der Waals surface area contributed by atoms with Crippen molar-refractivity contribution in [1.29, 1.82) is 0 Å². The summed E-state index contributed by atoms with van der Waals surface area (Å²) in [4.78, 5) is 22.5. The van der Waals surface area contributed by atoms with E-state index in [1.807, 2.05) is 13.8 Å². The van der Waals surface area contributed by atoms with Gasteiger partial charge in [-0.15, -0.1) is 0 Å². The van der Waals surface area contributed by atoms with Crippen molar-refractivity contribution >= 4 is 17.7 Å². The van der Waals surface area contributed by atoms with E-state index in [2.05, 4.69) is 10.6 Å². The fraction of sp³-hybridized carbons (Fsp3) is 0.429. The number of anilines is 1. The number of benzene rings is 1. The molecule has 1 aromatic rings. The lowest BCUT2D eigenvalue weighted by Crippen LogP contribution is -2.40. The molecule has 3 N–H and O–H groups in total. The lowest BCUT2D eigenvalue weighted by atomic mass is 10.2. The molecular weight excluding hydrogens is 276 g/mol. The Morgan fingerprint density at radius 3 is 2.48 bits per heavy atom. The number of aliphatic carboxylic acids is 1. The first kappa shape index (κ1) is 16.6. The minimum absolute atomic E-state index is 0.415. The van der Waals surface area contributed by atoms with E-state index in [1.165, 1.54) is 6.92 Å². The third-order valence-electron chi connectivity index (χ3n) is 2.53. The third kappa shape index (κ3) is 5.21. The number of hydrogen-bond acceptors (Lipinski definition) is 4. The number of nitrogens with one attached hydrogen (secondary N) is 2. The topological polar surface area (TPSA) is 96.9 Å². The van der Waals surface area contributed by atoms with Crippen molar-refractivity contribution < 1.29 is 24.2 Å². The summed E-state index contributed by atoms with van der Waals surface area (Å²) in [5, 5.41) is 13.6. The van der Waals surface area contributed by atoms with E-state index >= 15 is 0 Å². The maximum Gasteiger partial charge on any atom is 0.325 e. The predicted molar refractivity (Wildman–Crippen MR) is 78.0 cm³/mol. The minimum Gasteiger partial charge on any atom is -0.494 e. The summed E-state index contributed by atoms with van der Waals surface area (Å²) in [5.74, 6) is -0.0418. The van der Waals surface area contributed by atoms with Crippen molar-refractivity contribution in [2.24, 2.45) is 0 Å². The Kier molecular flexibility index (Phi) is 6.32. The van der Waals surface area contributed by atoms with E-state index in [-0.39, 0.29) is 0 Å². The van der Waals surface area contributed by atoms with E-state index in [0.717, 1.165) is 0 Å². The zero-order valence-electron chi connectivity index (χ0n) is 12.3. The largest absolute Gasteiger partial charge is 0.494 e. The van der Waals surface area contributed by atoms with Gasteiger partial charge in [0.2, 0.25) is 0 Å². The van der Waals surface area contributed by atoms with Gasteiger partial charge in [0.25, 0.3) is 0 Å². The minimum atomic E-state index is -1.11. The number of rotatable bonds is 7. The van der Waals surface area contributed by atoms with Gasteiger partial charge in [-0.2, -0.15) is 0 Å². The standard InChI is InChI=1S/C14H20N2O5/c1-4-20-10-6-7-12(21-5-2)11(8-10)16-14(19)15-9(3)13(17)18/h6-9H,4-5H2,1-3H3,(H,17,18)(H2,15,16,19)/t9-/m0/s1. The Morgan fingerprint density at radius 2 is 1.90 bits per heavy atom. The molecule has 7 heteroatoms. The summed E-state index contributed by atoms with van der Waals surface area (Å²) in [7, 11) is 0. The van der Waals surface area contributed by atoms with E-state index < -0.39 is 18.0 Å². The number of ether oxygens (including phenoxy) is 2. The molecule has 0 radical (unpaired) electrons. The fourth-order valence-corrected chi connectivity index (χ4v) is 1.56.